The minimum Gasteiger partial charge on any atom is -0.434 e. The van der Waals surface area contributed by atoms with Gasteiger partial charge in [-0.25, -0.2) is 13.8 Å². The average molecular weight is 324 g/mol. The molecule has 116 valence electrons. The number of nitrogens with zero attached hydrogens (tertiary/aromatic N) is 3. The van der Waals surface area contributed by atoms with E-state index in [1.54, 1.807) is 0 Å². The first-order chi connectivity index (χ1) is 10.6. The number of benzene rings is 1. The normalized spacial score (nSPS) is 14.9. The highest BCUT2D eigenvalue weighted by Crippen LogP contribution is 2.33. The maximum absolute atomic E-state index is 13.7. The van der Waals surface area contributed by atoms with E-state index in [1.807, 2.05) is 16.7 Å². The van der Waals surface area contributed by atoms with Crippen LogP contribution in [0.15, 0.2) is 24.5 Å². The Morgan fingerprint density at radius 1 is 1.18 bits per heavy atom. The summed E-state index contributed by atoms with van der Waals surface area (Å²) in [5, 5.41) is 0. The standard InChI is InChI=1S/C14H14F2N4OS/c15-9-1-2-11(10(16)7-9)21-14-12(17)13(18-8-19-14)20-3-5-22-6-4-20/h1-2,7-8H,3-6,17H2. The third-order valence-corrected chi connectivity index (χ3v) is 4.18. The van der Waals surface area contributed by atoms with Crippen molar-refractivity contribution in [2.45, 2.75) is 0 Å². The molecule has 0 atom stereocenters. The van der Waals surface area contributed by atoms with Crippen molar-refractivity contribution in [2.75, 3.05) is 35.2 Å². The van der Waals surface area contributed by atoms with E-state index in [9.17, 15) is 8.78 Å². The number of ether oxygens (including phenoxy) is 1. The van der Waals surface area contributed by atoms with Crippen molar-refractivity contribution in [1.82, 2.24) is 9.97 Å². The summed E-state index contributed by atoms with van der Waals surface area (Å²) in [5.41, 5.74) is 6.30. The summed E-state index contributed by atoms with van der Waals surface area (Å²) >= 11 is 1.87. The van der Waals surface area contributed by atoms with E-state index in [1.165, 1.54) is 12.4 Å². The molecule has 1 aliphatic heterocycles. The Bertz CT molecular complexity index is 680. The summed E-state index contributed by atoms with van der Waals surface area (Å²) in [6.07, 6.45) is 1.32. The van der Waals surface area contributed by atoms with Crippen LogP contribution in [0.4, 0.5) is 20.3 Å². The Labute approximate surface area is 130 Å². The first-order valence-corrected chi connectivity index (χ1v) is 7.86. The molecule has 0 saturated carbocycles. The lowest BCUT2D eigenvalue weighted by Crippen LogP contribution is -2.33. The zero-order valence-corrected chi connectivity index (χ0v) is 12.4. The van der Waals surface area contributed by atoms with E-state index in [4.69, 9.17) is 10.5 Å². The van der Waals surface area contributed by atoms with Crippen LogP contribution in [0.25, 0.3) is 0 Å². The lowest BCUT2D eigenvalue weighted by molar-refractivity contribution is 0.425. The summed E-state index contributed by atoms with van der Waals surface area (Å²) in [6.45, 7) is 1.66. The molecule has 2 aromatic rings. The van der Waals surface area contributed by atoms with Crippen LogP contribution in [0.3, 0.4) is 0 Å². The molecule has 2 N–H and O–H groups in total. The summed E-state index contributed by atoms with van der Waals surface area (Å²) in [5.74, 6) is 1.01. The highest BCUT2D eigenvalue weighted by Gasteiger charge is 2.19. The Kier molecular flexibility index (Phi) is 4.28. The molecule has 2 heterocycles. The van der Waals surface area contributed by atoms with Gasteiger partial charge in [0.2, 0.25) is 5.88 Å². The second-order valence-electron chi connectivity index (χ2n) is 4.69. The molecule has 3 rings (SSSR count). The molecule has 0 aliphatic carbocycles. The van der Waals surface area contributed by atoms with Crippen molar-refractivity contribution in [2.24, 2.45) is 0 Å². The molecular weight excluding hydrogens is 310 g/mol. The third kappa shape index (κ3) is 3.06. The number of nitrogens with two attached hydrogens (primary N) is 1. The highest BCUT2D eigenvalue weighted by atomic mass is 32.2. The van der Waals surface area contributed by atoms with Crippen molar-refractivity contribution < 1.29 is 13.5 Å². The lowest BCUT2D eigenvalue weighted by Gasteiger charge is -2.28. The topological polar surface area (TPSA) is 64.3 Å². The predicted octanol–water partition coefficient (Wildman–Crippen LogP) is 2.68. The monoisotopic (exact) mass is 324 g/mol. The Morgan fingerprint density at radius 3 is 2.68 bits per heavy atom. The largest absolute Gasteiger partial charge is 0.434 e. The second-order valence-corrected chi connectivity index (χ2v) is 5.92. The number of halogens is 2. The zero-order chi connectivity index (χ0) is 15.5. The summed E-state index contributed by atoms with van der Waals surface area (Å²) in [7, 11) is 0. The molecule has 5 nitrogen and oxygen atoms in total. The minimum atomic E-state index is -0.811. The lowest BCUT2D eigenvalue weighted by atomic mass is 10.3. The summed E-state index contributed by atoms with van der Waals surface area (Å²) in [4.78, 5) is 10.2. The minimum absolute atomic E-state index is 0.0636. The Balaban J connectivity index is 1.87. The SMILES string of the molecule is Nc1c(Oc2ccc(F)cc2F)ncnc1N1CCSCC1. The molecular formula is C14H14F2N4OS. The number of rotatable bonds is 3. The molecule has 1 aromatic carbocycles. The van der Waals surface area contributed by atoms with E-state index < -0.39 is 11.6 Å². The fourth-order valence-corrected chi connectivity index (χ4v) is 3.04. The van der Waals surface area contributed by atoms with Gasteiger partial charge in [0.1, 0.15) is 17.8 Å². The van der Waals surface area contributed by atoms with E-state index >= 15 is 0 Å². The Hall–Kier alpha value is -2.09. The average Bonchev–Trinajstić information content (AvgIpc) is 2.53. The second kappa shape index (κ2) is 6.35. The fourth-order valence-electron chi connectivity index (χ4n) is 2.14. The van der Waals surface area contributed by atoms with Crippen molar-refractivity contribution in [1.29, 1.82) is 0 Å². The molecule has 0 unspecified atom stereocenters. The molecule has 0 amide bonds. The molecule has 1 fully saturated rings. The van der Waals surface area contributed by atoms with Crippen LogP contribution in [-0.4, -0.2) is 34.6 Å². The van der Waals surface area contributed by atoms with Crippen molar-refractivity contribution in [3.8, 4) is 11.6 Å². The van der Waals surface area contributed by atoms with Crippen LogP contribution in [0.1, 0.15) is 0 Å². The molecule has 22 heavy (non-hydrogen) atoms. The first kappa shape index (κ1) is 14.8. The van der Waals surface area contributed by atoms with Gasteiger partial charge in [0.25, 0.3) is 0 Å². The molecule has 1 aliphatic rings. The van der Waals surface area contributed by atoms with Crippen LogP contribution >= 0.6 is 11.8 Å². The van der Waals surface area contributed by atoms with Gasteiger partial charge in [0.05, 0.1) is 0 Å². The summed E-state index contributed by atoms with van der Waals surface area (Å²) < 4.78 is 32.0. The summed E-state index contributed by atoms with van der Waals surface area (Å²) in [6, 6.07) is 3.05. The zero-order valence-electron chi connectivity index (χ0n) is 11.6. The number of anilines is 2. The molecule has 0 bridgehead atoms. The quantitative estimate of drug-likeness (QED) is 0.936. The van der Waals surface area contributed by atoms with Crippen LogP contribution in [0.2, 0.25) is 0 Å². The number of hydrogen-bond acceptors (Lipinski definition) is 6. The van der Waals surface area contributed by atoms with Crippen LogP contribution < -0.4 is 15.4 Å². The van der Waals surface area contributed by atoms with E-state index in [0.29, 0.717) is 5.82 Å². The van der Waals surface area contributed by atoms with Gasteiger partial charge in [-0.15, -0.1) is 0 Å². The van der Waals surface area contributed by atoms with E-state index in [0.717, 1.165) is 36.7 Å². The van der Waals surface area contributed by atoms with Crippen molar-refractivity contribution >= 4 is 23.3 Å². The Morgan fingerprint density at radius 2 is 1.95 bits per heavy atom. The maximum atomic E-state index is 13.7. The van der Waals surface area contributed by atoms with Gasteiger partial charge in [-0.05, 0) is 12.1 Å². The smallest absolute Gasteiger partial charge is 0.248 e. The van der Waals surface area contributed by atoms with Crippen molar-refractivity contribution in [3.63, 3.8) is 0 Å². The van der Waals surface area contributed by atoms with Crippen LogP contribution in [-0.2, 0) is 0 Å². The van der Waals surface area contributed by atoms with Gasteiger partial charge >= 0.3 is 0 Å². The van der Waals surface area contributed by atoms with Gasteiger partial charge in [0, 0.05) is 30.7 Å². The number of aromatic nitrogens is 2. The molecule has 1 aromatic heterocycles. The van der Waals surface area contributed by atoms with E-state index in [2.05, 4.69) is 9.97 Å². The first-order valence-electron chi connectivity index (χ1n) is 6.71. The highest BCUT2D eigenvalue weighted by molar-refractivity contribution is 7.99. The van der Waals surface area contributed by atoms with Crippen LogP contribution in [0.5, 0.6) is 11.6 Å². The maximum Gasteiger partial charge on any atom is 0.248 e. The third-order valence-electron chi connectivity index (χ3n) is 3.24. The van der Waals surface area contributed by atoms with Gasteiger partial charge in [0.15, 0.2) is 17.4 Å². The molecule has 0 spiro atoms. The molecule has 1 saturated heterocycles. The van der Waals surface area contributed by atoms with Crippen LogP contribution in [0, 0.1) is 11.6 Å². The van der Waals surface area contributed by atoms with Gasteiger partial charge in [-0.1, -0.05) is 0 Å². The van der Waals surface area contributed by atoms with Gasteiger partial charge < -0.3 is 15.4 Å². The molecule has 8 heteroatoms. The number of thioether (sulfide) groups is 1. The molecule has 0 radical (unpaired) electrons. The van der Waals surface area contributed by atoms with Crippen molar-refractivity contribution in [3.05, 3.63) is 36.2 Å². The fraction of sp³-hybridized carbons (Fsp3) is 0.286. The predicted molar refractivity (Wildman–Crippen MR) is 82.4 cm³/mol. The number of hydrogen-bond donors (Lipinski definition) is 1. The van der Waals surface area contributed by atoms with E-state index in [-0.39, 0.29) is 17.3 Å². The van der Waals surface area contributed by atoms with Gasteiger partial charge in [-0.3, -0.25) is 0 Å². The van der Waals surface area contributed by atoms with Gasteiger partial charge in [-0.2, -0.15) is 16.7 Å². The number of nitrogen functional groups attached to an aromatic ring is 1.